The van der Waals surface area contributed by atoms with Crippen molar-refractivity contribution in [1.29, 1.82) is 0 Å². The number of hydrogen-bond donors (Lipinski definition) is 2. The van der Waals surface area contributed by atoms with Crippen molar-refractivity contribution in [2.45, 2.75) is 25.3 Å². The Morgan fingerprint density at radius 3 is 2.38 bits per heavy atom. The first-order chi connectivity index (χ1) is 9.67. The van der Waals surface area contributed by atoms with E-state index < -0.39 is 0 Å². The zero-order chi connectivity index (χ0) is 14.5. The van der Waals surface area contributed by atoms with Crippen molar-refractivity contribution < 1.29 is 14.3 Å². The summed E-state index contributed by atoms with van der Waals surface area (Å²) in [5.74, 6) is 1.49. The molecule has 1 aliphatic rings. The third-order valence-electron chi connectivity index (χ3n) is 3.89. The van der Waals surface area contributed by atoms with Gasteiger partial charge < -0.3 is 20.5 Å². The molecule has 1 aromatic carbocycles. The first-order valence-electron chi connectivity index (χ1n) is 6.92. The largest absolute Gasteiger partial charge is 0.497 e. The molecule has 1 aliphatic carbocycles. The molecule has 1 fully saturated rings. The van der Waals surface area contributed by atoms with Gasteiger partial charge in [-0.25, -0.2) is 0 Å². The molecule has 1 saturated carbocycles. The summed E-state index contributed by atoms with van der Waals surface area (Å²) in [6.07, 6.45) is 3.20. The number of halogens is 1. The van der Waals surface area contributed by atoms with Gasteiger partial charge >= 0.3 is 0 Å². The average molecular weight is 315 g/mol. The van der Waals surface area contributed by atoms with Gasteiger partial charge in [0.25, 0.3) is 5.91 Å². The van der Waals surface area contributed by atoms with E-state index in [0.29, 0.717) is 29.5 Å². The van der Waals surface area contributed by atoms with Crippen molar-refractivity contribution in [3.8, 4) is 11.5 Å². The van der Waals surface area contributed by atoms with Gasteiger partial charge in [-0.15, -0.1) is 12.4 Å². The minimum absolute atomic E-state index is 0. The number of ether oxygens (including phenoxy) is 2. The highest BCUT2D eigenvalue weighted by atomic mass is 35.5. The lowest BCUT2D eigenvalue weighted by Crippen LogP contribution is -2.39. The Labute approximate surface area is 131 Å². The van der Waals surface area contributed by atoms with Crippen LogP contribution >= 0.6 is 12.4 Å². The first-order valence-corrected chi connectivity index (χ1v) is 6.92. The SMILES string of the molecule is COc1cc(OC)cc(C(=O)NC2CCCC2CN)c1.Cl. The number of methoxy groups -OCH3 is 2. The van der Waals surface area contributed by atoms with Gasteiger partial charge in [0.2, 0.25) is 0 Å². The predicted molar refractivity (Wildman–Crippen MR) is 84.4 cm³/mol. The van der Waals surface area contributed by atoms with Crippen LogP contribution in [0.25, 0.3) is 0 Å². The molecule has 0 spiro atoms. The van der Waals surface area contributed by atoms with Gasteiger partial charge in [-0.1, -0.05) is 6.42 Å². The van der Waals surface area contributed by atoms with Crippen LogP contribution in [0.5, 0.6) is 11.5 Å². The minimum atomic E-state index is -0.104. The number of nitrogens with two attached hydrogens (primary N) is 1. The van der Waals surface area contributed by atoms with Crippen LogP contribution < -0.4 is 20.5 Å². The lowest BCUT2D eigenvalue weighted by Gasteiger charge is -2.19. The maximum Gasteiger partial charge on any atom is 0.251 e. The highest BCUT2D eigenvalue weighted by Crippen LogP contribution is 2.26. The maximum atomic E-state index is 12.3. The second-order valence-corrected chi connectivity index (χ2v) is 5.11. The molecule has 2 rings (SSSR count). The van der Waals surface area contributed by atoms with Crippen molar-refractivity contribution in [1.82, 2.24) is 5.32 Å². The topological polar surface area (TPSA) is 73.6 Å². The van der Waals surface area contributed by atoms with Gasteiger partial charge in [-0.05, 0) is 37.4 Å². The van der Waals surface area contributed by atoms with Crippen LogP contribution in [0.3, 0.4) is 0 Å². The van der Waals surface area contributed by atoms with E-state index in [4.69, 9.17) is 15.2 Å². The van der Waals surface area contributed by atoms with Gasteiger partial charge in [0.15, 0.2) is 0 Å². The molecule has 5 nitrogen and oxygen atoms in total. The molecule has 0 saturated heterocycles. The third kappa shape index (κ3) is 4.25. The summed E-state index contributed by atoms with van der Waals surface area (Å²) in [6.45, 7) is 0.617. The fourth-order valence-electron chi connectivity index (χ4n) is 2.70. The van der Waals surface area contributed by atoms with Gasteiger partial charge in [0.1, 0.15) is 11.5 Å². The smallest absolute Gasteiger partial charge is 0.251 e. The molecule has 21 heavy (non-hydrogen) atoms. The van der Waals surface area contributed by atoms with Crippen molar-refractivity contribution >= 4 is 18.3 Å². The quantitative estimate of drug-likeness (QED) is 0.871. The van der Waals surface area contributed by atoms with Crippen LogP contribution in [0, 0.1) is 5.92 Å². The molecule has 0 aromatic heterocycles. The zero-order valence-corrected chi connectivity index (χ0v) is 13.2. The molecule has 0 heterocycles. The molecule has 1 aromatic rings. The van der Waals surface area contributed by atoms with E-state index in [1.54, 1.807) is 32.4 Å². The number of hydrogen-bond acceptors (Lipinski definition) is 4. The molecule has 2 atom stereocenters. The van der Waals surface area contributed by atoms with Gasteiger partial charge in [-0.2, -0.15) is 0 Å². The average Bonchev–Trinajstić information content (AvgIpc) is 2.93. The predicted octanol–water partition coefficient (Wildman–Crippen LogP) is 1.98. The lowest BCUT2D eigenvalue weighted by atomic mass is 10.0. The normalized spacial score (nSPS) is 20.5. The molecule has 3 N–H and O–H groups in total. The number of amides is 1. The summed E-state index contributed by atoms with van der Waals surface area (Å²) in [7, 11) is 3.13. The highest BCUT2D eigenvalue weighted by Gasteiger charge is 2.27. The standard InChI is InChI=1S/C15H22N2O3.ClH/c1-19-12-6-11(7-13(8-12)20-2)15(18)17-14-5-3-4-10(14)9-16;/h6-8,10,14H,3-5,9,16H2,1-2H3,(H,17,18);1H. The monoisotopic (exact) mass is 314 g/mol. The highest BCUT2D eigenvalue weighted by molar-refractivity contribution is 5.95. The summed E-state index contributed by atoms with van der Waals surface area (Å²) < 4.78 is 10.4. The number of nitrogens with one attached hydrogen (secondary N) is 1. The summed E-state index contributed by atoms with van der Waals surface area (Å²) >= 11 is 0. The second-order valence-electron chi connectivity index (χ2n) is 5.11. The van der Waals surface area contributed by atoms with Crippen molar-refractivity contribution in [2.24, 2.45) is 11.7 Å². The number of carbonyl (C=O) groups is 1. The fourth-order valence-corrected chi connectivity index (χ4v) is 2.70. The minimum Gasteiger partial charge on any atom is -0.497 e. The molecular formula is C15H23ClN2O3. The van der Waals surface area contributed by atoms with E-state index in [-0.39, 0.29) is 24.4 Å². The summed E-state index contributed by atoms with van der Waals surface area (Å²) in [5, 5.41) is 3.07. The molecular weight excluding hydrogens is 292 g/mol. The fraction of sp³-hybridized carbons (Fsp3) is 0.533. The molecule has 0 aliphatic heterocycles. The number of benzene rings is 1. The van der Waals surface area contributed by atoms with E-state index in [2.05, 4.69) is 5.32 Å². The molecule has 0 radical (unpaired) electrons. The summed E-state index contributed by atoms with van der Waals surface area (Å²) in [4.78, 5) is 12.3. The van der Waals surface area contributed by atoms with Gasteiger partial charge in [-0.3, -0.25) is 4.79 Å². The van der Waals surface area contributed by atoms with E-state index in [1.165, 1.54) is 0 Å². The van der Waals surface area contributed by atoms with E-state index in [0.717, 1.165) is 19.3 Å². The van der Waals surface area contributed by atoms with Crippen molar-refractivity contribution in [3.05, 3.63) is 23.8 Å². The Bertz CT molecular complexity index is 460. The first kappa shape index (κ1) is 17.6. The molecule has 6 heteroatoms. The molecule has 118 valence electrons. The number of carbonyl (C=O) groups excluding carboxylic acids is 1. The van der Waals surface area contributed by atoms with E-state index >= 15 is 0 Å². The Hall–Kier alpha value is -1.46. The Balaban J connectivity index is 0.00000220. The van der Waals surface area contributed by atoms with Crippen LogP contribution in [0.4, 0.5) is 0 Å². The summed E-state index contributed by atoms with van der Waals surface area (Å²) in [6, 6.07) is 5.34. The number of rotatable bonds is 5. The Morgan fingerprint density at radius 2 is 1.86 bits per heavy atom. The van der Waals surface area contributed by atoms with Crippen LogP contribution in [0.2, 0.25) is 0 Å². The molecule has 2 unspecified atom stereocenters. The third-order valence-corrected chi connectivity index (χ3v) is 3.89. The van der Waals surface area contributed by atoms with E-state index in [1.807, 2.05) is 0 Å². The Kier molecular flexibility index (Phi) is 6.78. The van der Waals surface area contributed by atoms with Crippen LogP contribution in [0.15, 0.2) is 18.2 Å². The Morgan fingerprint density at radius 1 is 1.24 bits per heavy atom. The van der Waals surface area contributed by atoms with Gasteiger partial charge in [0.05, 0.1) is 14.2 Å². The zero-order valence-electron chi connectivity index (χ0n) is 12.4. The van der Waals surface area contributed by atoms with Crippen molar-refractivity contribution in [3.63, 3.8) is 0 Å². The summed E-state index contributed by atoms with van der Waals surface area (Å²) in [5.41, 5.74) is 6.28. The van der Waals surface area contributed by atoms with Crippen LogP contribution in [0.1, 0.15) is 29.6 Å². The lowest BCUT2D eigenvalue weighted by molar-refractivity contribution is 0.0928. The second kappa shape index (κ2) is 8.10. The molecule has 1 amide bonds. The van der Waals surface area contributed by atoms with Crippen LogP contribution in [-0.4, -0.2) is 32.7 Å². The van der Waals surface area contributed by atoms with Crippen LogP contribution in [-0.2, 0) is 0 Å². The van der Waals surface area contributed by atoms with Crippen molar-refractivity contribution in [2.75, 3.05) is 20.8 Å². The maximum absolute atomic E-state index is 12.3. The van der Waals surface area contributed by atoms with E-state index in [9.17, 15) is 4.79 Å². The molecule has 0 bridgehead atoms. The van der Waals surface area contributed by atoms with Gasteiger partial charge in [0, 0.05) is 17.7 Å².